The molecule has 0 bridgehead atoms. The highest BCUT2D eigenvalue weighted by molar-refractivity contribution is 5.91. The van der Waals surface area contributed by atoms with Crippen LogP contribution in [0.25, 0.3) is 11.3 Å². The van der Waals surface area contributed by atoms with E-state index in [2.05, 4.69) is 10.4 Å². The lowest BCUT2D eigenvalue weighted by Crippen LogP contribution is -2.29. The second-order valence-corrected chi connectivity index (χ2v) is 6.59. The predicted molar refractivity (Wildman–Crippen MR) is 107 cm³/mol. The van der Waals surface area contributed by atoms with Crippen LogP contribution in [-0.2, 0) is 11.3 Å². The van der Waals surface area contributed by atoms with E-state index < -0.39 is 16.4 Å². The van der Waals surface area contributed by atoms with Crippen LogP contribution >= 0.6 is 0 Å². The number of ether oxygens (including phenoxy) is 2. The fourth-order valence-corrected chi connectivity index (χ4v) is 2.96. The third-order valence-corrected chi connectivity index (χ3v) is 4.53. The quantitative estimate of drug-likeness (QED) is 0.508. The summed E-state index contributed by atoms with van der Waals surface area (Å²) >= 11 is 0. The number of hydrogen-bond acceptors (Lipinski definition) is 7. The Kier molecular flexibility index (Phi) is 4.88. The number of carbonyl (C=O) groups is 1. The van der Waals surface area contributed by atoms with Crippen LogP contribution in [0.4, 0.5) is 11.4 Å². The molecule has 1 aromatic heterocycles. The van der Waals surface area contributed by atoms with Crippen LogP contribution in [-0.4, -0.2) is 27.4 Å². The number of anilines is 1. The van der Waals surface area contributed by atoms with E-state index in [1.165, 1.54) is 18.2 Å². The molecule has 1 aliphatic rings. The first-order chi connectivity index (χ1) is 14.4. The number of nitrogens with one attached hydrogen (secondary N) is 1. The second kappa shape index (κ2) is 7.66. The Balaban J connectivity index is 1.56. The van der Waals surface area contributed by atoms with Crippen LogP contribution in [0.5, 0.6) is 11.5 Å². The van der Waals surface area contributed by atoms with E-state index in [0.29, 0.717) is 34.0 Å². The van der Waals surface area contributed by atoms with E-state index in [9.17, 15) is 19.7 Å². The summed E-state index contributed by atoms with van der Waals surface area (Å²) in [5.41, 5.74) is 1.54. The summed E-state index contributed by atoms with van der Waals surface area (Å²) in [6.45, 7) is 1.51. The summed E-state index contributed by atoms with van der Waals surface area (Å²) in [6, 6.07) is 12.3. The highest BCUT2D eigenvalue weighted by atomic mass is 16.7. The maximum atomic E-state index is 12.5. The fraction of sp³-hybridized carbons (Fsp3) is 0.150. The molecule has 10 heteroatoms. The number of aromatic nitrogens is 2. The summed E-state index contributed by atoms with van der Waals surface area (Å²) in [5, 5.41) is 17.8. The molecule has 0 fully saturated rings. The highest BCUT2D eigenvalue weighted by Gasteiger charge is 2.16. The molecule has 1 N–H and O–H groups in total. The minimum atomic E-state index is -0.546. The van der Waals surface area contributed by atoms with Crippen LogP contribution in [0.2, 0.25) is 0 Å². The van der Waals surface area contributed by atoms with Gasteiger partial charge in [-0.05, 0) is 36.8 Å². The van der Waals surface area contributed by atoms with E-state index in [1.54, 1.807) is 37.3 Å². The molecule has 0 radical (unpaired) electrons. The van der Waals surface area contributed by atoms with Gasteiger partial charge in [0, 0.05) is 23.8 Å². The number of non-ortho nitro benzene ring substituents is 1. The van der Waals surface area contributed by atoms with Gasteiger partial charge in [0.15, 0.2) is 11.5 Å². The summed E-state index contributed by atoms with van der Waals surface area (Å²) in [4.78, 5) is 35.0. The van der Waals surface area contributed by atoms with Crippen LogP contribution in [0.1, 0.15) is 5.56 Å². The number of benzene rings is 2. The third-order valence-electron chi connectivity index (χ3n) is 4.53. The molecule has 3 aromatic rings. The number of hydrogen-bond donors (Lipinski definition) is 1. The van der Waals surface area contributed by atoms with Gasteiger partial charge >= 0.3 is 0 Å². The second-order valence-electron chi connectivity index (χ2n) is 6.59. The van der Waals surface area contributed by atoms with Gasteiger partial charge in [-0.1, -0.05) is 6.07 Å². The average molecular weight is 408 g/mol. The van der Waals surface area contributed by atoms with Gasteiger partial charge in [-0.2, -0.15) is 5.10 Å². The molecule has 0 atom stereocenters. The molecule has 0 aliphatic carbocycles. The lowest BCUT2D eigenvalue weighted by molar-refractivity contribution is -0.384. The van der Waals surface area contributed by atoms with E-state index in [0.717, 1.165) is 4.68 Å². The predicted octanol–water partition coefficient (Wildman–Crippen LogP) is 2.49. The summed E-state index contributed by atoms with van der Waals surface area (Å²) < 4.78 is 11.7. The zero-order valence-corrected chi connectivity index (χ0v) is 15.8. The van der Waals surface area contributed by atoms with Gasteiger partial charge in [0.2, 0.25) is 12.7 Å². The van der Waals surface area contributed by atoms with E-state index in [1.807, 2.05) is 0 Å². The number of carbonyl (C=O) groups excluding carboxylic acids is 1. The lowest BCUT2D eigenvalue weighted by atomic mass is 10.1. The maximum Gasteiger partial charge on any atom is 0.271 e. The van der Waals surface area contributed by atoms with Crippen molar-refractivity contribution in [3.8, 4) is 22.8 Å². The average Bonchev–Trinajstić information content (AvgIpc) is 3.19. The largest absolute Gasteiger partial charge is 0.454 e. The first-order valence-corrected chi connectivity index (χ1v) is 8.94. The number of fused-ring (bicyclic) bond motifs is 1. The maximum absolute atomic E-state index is 12.5. The van der Waals surface area contributed by atoms with Gasteiger partial charge < -0.3 is 14.8 Å². The van der Waals surface area contributed by atoms with Crippen molar-refractivity contribution in [2.24, 2.45) is 0 Å². The summed E-state index contributed by atoms with van der Waals surface area (Å²) in [5.74, 6) is 0.667. The van der Waals surface area contributed by atoms with E-state index >= 15 is 0 Å². The number of rotatable bonds is 5. The molecule has 1 amide bonds. The highest BCUT2D eigenvalue weighted by Crippen LogP contribution is 2.35. The number of amides is 1. The Morgan fingerprint density at radius 2 is 1.97 bits per heavy atom. The Morgan fingerprint density at radius 1 is 1.17 bits per heavy atom. The Labute approximate surface area is 169 Å². The summed E-state index contributed by atoms with van der Waals surface area (Å²) in [6.07, 6.45) is 0. The third kappa shape index (κ3) is 3.83. The standard InChI is InChI=1S/C20H16N4O6/c1-12-2-4-14(24(27)28)9-16(12)21-19(25)10-23-20(26)7-5-15(22-23)13-3-6-17-18(8-13)30-11-29-17/h2-9H,10-11H2,1H3,(H,21,25). The topological polar surface area (TPSA) is 126 Å². The number of aryl methyl sites for hydroxylation is 1. The zero-order valence-electron chi connectivity index (χ0n) is 15.8. The van der Waals surface area contributed by atoms with Gasteiger partial charge in [0.05, 0.1) is 16.3 Å². The lowest BCUT2D eigenvalue weighted by Gasteiger charge is -2.10. The Hall–Kier alpha value is -4.21. The molecule has 152 valence electrons. The Bertz CT molecular complexity index is 1220. The van der Waals surface area contributed by atoms with Gasteiger partial charge in [-0.3, -0.25) is 19.7 Å². The number of nitro groups is 1. The van der Waals surface area contributed by atoms with Crippen molar-refractivity contribution in [1.29, 1.82) is 0 Å². The van der Waals surface area contributed by atoms with Crippen molar-refractivity contribution in [2.45, 2.75) is 13.5 Å². The first kappa shape index (κ1) is 19.1. The number of nitrogens with zero attached hydrogens (tertiary/aromatic N) is 3. The molecule has 1 aliphatic heterocycles. The minimum absolute atomic E-state index is 0.142. The van der Waals surface area contributed by atoms with Gasteiger partial charge in [-0.15, -0.1) is 0 Å². The molecule has 0 saturated heterocycles. The van der Waals surface area contributed by atoms with Gasteiger partial charge in [0.25, 0.3) is 11.2 Å². The van der Waals surface area contributed by atoms with Crippen molar-refractivity contribution in [1.82, 2.24) is 9.78 Å². The van der Waals surface area contributed by atoms with Crippen molar-refractivity contribution in [3.05, 3.63) is 74.6 Å². The smallest absolute Gasteiger partial charge is 0.271 e. The fourth-order valence-electron chi connectivity index (χ4n) is 2.96. The van der Waals surface area contributed by atoms with Gasteiger partial charge in [0.1, 0.15) is 6.54 Å². The van der Waals surface area contributed by atoms with Gasteiger partial charge in [-0.25, -0.2) is 4.68 Å². The molecule has 30 heavy (non-hydrogen) atoms. The van der Waals surface area contributed by atoms with E-state index in [4.69, 9.17) is 9.47 Å². The van der Waals surface area contributed by atoms with Crippen LogP contribution in [0.15, 0.2) is 53.3 Å². The molecule has 2 heterocycles. The molecule has 4 rings (SSSR count). The van der Waals surface area contributed by atoms with Crippen molar-refractivity contribution in [2.75, 3.05) is 12.1 Å². The SMILES string of the molecule is Cc1ccc([N+](=O)[O-])cc1NC(=O)Cn1nc(-c2ccc3c(c2)OCO3)ccc1=O. The molecule has 0 saturated carbocycles. The number of nitro benzene ring substituents is 1. The van der Waals surface area contributed by atoms with Crippen molar-refractivity contribution in [3.63, 3.8) is 0 Å². The van der Waals surface area contributed by atoms with Crippen LogP contribution < -0.4 is 20.3 Å². The van der Waals surface area contributed by atoms with Crippen LogP contribution in [0, 0.1) is 17.0 Å². The molecular weight excluding hydrogens is 392 g/mol. The Morgan fingerprint density at radius 3 is 2.77 bits per heavy atom. The molecule has 10 nitrogen and oxygen atoms in total. The van der Waals surface area contributed by atoms with Crippen molar-refractivity contribution >= 4 is 17.3 Å². The zero-order chi connectivity index (χ0) is 21.3. The van der Waals surface area contributed by atoms with Crippen molar-refractivity contribution < 1.29 is 19.2 Å². The minimum Gasteiger partial charge on any atom is -0.454 e. The normalized spacial score (nSPS) is 11.9. The summed E-state index contributed by atoms with van der Waals surface area (Å²) in [7, 11) is 0. The monoisotopic (exact) mass is 408 g/mol. The molecule has 0 unspecified atom stereocenters. The molecule has 0 spiro atoms. The molecule has 2 aromatic carbocycles. The first-order valence-electron chi connectivity index (χ1n) is 8.94. The molecular formula is C20H16N4O6. The van der Waals surface area contributed by atoms with Crippen LogP contribution in [0.3, 0.4) is 0 Å². The van der Waals surface area contributed by atoms with E-state index in [-0.39, 0.29) is 19.0 Å².